The van der Waals surface area contributed by atoms with E-state index in [1.165, 1.54) is 31.4 Å². The zero-order valence-corrected chi connectivity index (χ0v) is 11.8. The van der Waals surface area contributed by atoms with Gasteiger partial charge in [0, 0.05) is 24.2 Å². The van der Waals surface area contributed by atoms with E-state index in [1.54, 1.807) is 0 Å². The lowest BCUT2D eigenvalue weighted by Crippen LogP contribution is -2.37. The third kappa shape index (κ3) is 3.54. The lowest BCUT2D eigenvalue weighted by atomic mass is 9.83. The third-order valence-electron chi connectivity index (χ3n) is 4.23. The summed E-state index contributed by atoms with van der Waals surface area (Å²) in [7, 11) is 0. The Hall–Kier alpha value is -1.49. The van der Waals surface area contributed by atoms with E-state index in [0.29, 0.717) is 24.1 Å². The van der Waals surface area contributed by atoms with Crippen molar-refractivity contribution >= 4 is 5.69 Å². The van der Waals surface area contributed by atoms with Crippen molar-refractivity contribution in [1.82, 2.24) is 5.32 Å². The Labute approximate surface area is 118 Å². The molecule has 4 nitrogen and oxygen atoms in total. The number of nitrogens with zero attached hydrogens (tertiary/aromatic N) is 1. The molecule has 110 valence electrons. The van der Waals surface area contributed by atoms with Crippen molar-refractivity contribution in [2.75, 3.05) is 0 Å². The van der Waals surface area contributed by atoms with Crippen LogP contribution in [0.2, 0.25) is 0 Å². The minimum Gasteiger partial charge on any atom is -0.309 e. The summed E-state index contributed by atoms with van der Waals surface area (Å²) in [5.74, 6) is 0.194. The number of benzene rings is 1. The summed E-state index contributed by atoms with van der Waals surface area (Å²) >= 11 is 0. The molecule has 0 spiro atoms. The first-order chi connectivity index (χ1) is 9.61. The molecule has 1 aromatic rings. The third-order valence-corrected chi connectivity index (χ3v) is 4.23. The van der Waals surface area contributed by atoms with E-state index >= 15 is 0 Å². The van der Waals surface area contributed by atoms with Crippen LogP contribution in [-0.4, -0.2) is 11.0 Å². The fraction of sp³-hybridized carbons (Fsp3) is 0.600. The maximum atomic E-state index is 13.3. The summed E-state index contributed by atoms with van der Waals surface area (Å²) in [6, 6.07) is 4.02. The van der Waals surface area contributed by atoms with Crippen molar-refractivity contribution in [3.8, 4) is 0 Å². The number of halogens is 1. The van der Waals surface area contributed by atoms with E-state index in [2.05, 4.69) is 12.2 Å². The molecule has 0 saturated heterocycles. The van der Waals surface area contributed by atoms with E-state index in [4.69, 9.17) is 0 Å². The van der Waals surface area contributed by atoms with Crippen LogP contribution in [0.1, 0.15) is 44.6 Å². The molecule has 20 heavy (non-hydrogen) atoms. The topological polar surface area (TPSA) is 55.2 Å². The molecule has 5 heteroatoms. The summed E-state index contributed by atoms with van der Waals surface area (Å²) in [5.41, 5.74) is 0.415. The summed E-state index contributed by atoms with van der Waals surface area (Å²) < 4.78 is 13.3. The quantitative estimate of drug-likeness (QED) is 0.659. The average Bonchev–Trinajstić information content (AvgIpc) is 2.45. The SMILES string of the molecule is CCC1CCCCC1NCc1cc(F)ccc1[N+](=O)[O-]. The highest BCUT2D eigenvalue weighted by Gasteiger charge is 2.24. The van der Waals surface area contributed by atoms with Crippen LogP contribution in [0.4, 0.5) is 10.1 Å². The fourth-order valence-corrected chi connectivity index (χ4v) is 3.08. The van der Waals surface area contributed by atoms with Gasteiger partial charge in [0.15, 0.2) is 0 Å². The number of nitro groups is 1. The van der Waals surface area contributed by atoms with Crippen LogP contribution in [-0.2, 0) is 6.54 Å². The van der Waals surface area contributed by atoms with Gasteiger partial charge in [-0.3, -0.25) is 10.1 Å². The van der Waals surface area contributed by atoms with Gasteiger partial charge in [0.1, 0.15) is 5.82 Å². The molecule has 2 unspecified atom stereocenters. The number of rotatable bonds is 5. The van der Waals surface area contributed by atoms with Crippen molar-refractivity contribution in [2.45, 2.75) is 51.6 Å². The van der Waals surface area contributed by atoms with Crippen LogP contribution in [0.25, 0.3) is 0 Å². The fourth-order valence-electron chi connectivity index (χ4n) is 3.08. The Bertz CT molecular complexity index is 479. The molecule has 2 rings (SSSR count). The molecule has 0 radical (unpaired) electrons. The standard InChI is InChI=1S/C15H21FN2O2/c1-2-11-5-3-4-6-14(11)17-10-12-9-13(16)7-8-15(12)18(19)20/h7-9,11,14,17H,2-6,10H2,1H3. The molecule has 1 aliphatic carbocycles. The Morgan fingerprint density at radius 2 is 2.15 bits per heavy atom. The van der Waals surface area contributed by atoms with Gasteiger partial charge in [-0.2, -0.15) is 0 Å². The van der Waals surface area contributed by atoms with Gasteiger partial charge >= 0.3 is 0 Å². The maximum Gasteiger partial charge on any atom is 0.274 e. The molecule has 0 bridgehead atoms. The van der Waals surface area contributed by atoms with Crippen molar-refractivity contribution in [3.05, 3.63) is 39.7 Å². The number of hydrogen-bond donors (Lipinski definition) is 1. The van der Waals surface area contributed by atoms with Crippen LogP contribution in [0.5, 0.6) is 0 Å². The van der Waals surface area contributed by atoms with Crippen LogP contribution in [0, 0.1) is 21.8 Å². The van der Waals surface area contributed by atoms with E-state index in [9.17, 15) is 14.5 Å². The maximum absolute atomic E-state index is 13.3. The van der Waals surface area contributed by atoms with Crippen LogP contribution < -0.4 is 5.32 Å². The van der Waals surface area contributed by atoms with Gasteiger partial charge in [-0.1, -0.05) is 26.2 Å². The molecule has 0 aromatic heterocycles. The first kappa shape index (κ1) is 14.9. The minimum absolute atomic E-state index is 0.0113. The van der Waals surface area contributed by atoms with Crippen LogP contribution >= 0.6 is 0 Å². The monoisotopic (exact) mass is 280 g/mol. The lowest BCUT2D eigenvalue weighted by Gasteiger charge is -2.31. The highest BCUT2D eigenvalue weighted by atomic mass is 19.1. The van der Waals surface area contributed by atoms with E-state index in [1.807, 2.05) is 0 Å². The molecule has 2 atom stereocenters. The van der Waals surface area contributed by atoms with Gasteiger partial charge in [-0.15, -0.1) is 0 Å². The lowest BCUT2D eigenvalue weighted by molar-refractivity contribution is -0.385. The molecule has 1 saturated carbocycles. The average molecular weight is 280 g/mol. The largest absolute Gasteiger partial charge is 0.309 e. The second-order valence-corrected chi connectivity index (χ2v) is 5.47. The molecule has 0 amide bonds. The first-order valence-corrected chi connectivity index (χ1v) is 7.28. The zero-order chi connectivity index (χ0) is 14.5. The Kier molecular flexibility index (Phi) is 5.06. The van der Waals surface area contributed by atoms with Gasteiger partial charge in [0.05, 0.1) is 4.92 Å². The number of nitrogens with one attached hydrogen (secondary N) is 1. The summed E-state index contributed by atoms with van der Waals surface area (Å²) in [6.45, 7) is 2.53. The van der Waals surface area contributed by atoms with Crippen molar-refractivity contribution in [1.29, 1.82) is 0 Å². The number of nitro benzene ring substituents is 1. The van der Waals surface area contributed by atoms with Gasteiger partial charge < -0.3 is 5.32 Å². The second kappa shape index (κ2) is 6.79. The minimum atomic E-state index is -0.450. The molecule has 1 aromatic carbocycles. The van der Waals surface area contributed by atoms with Crippen molar-refractivity contribution < 1.29 is 9.31 Å². The van der Waals surface area contributed by atoms with Crippen molar-refractivity contribution in [2.24, 2.45) is 5.92 Å². The predicted molar refractivity (Wildman–Crippen MR) is 75.9 cm³/mol. The van der Waals surface area contributed by atoms with Gasteiger partial charge in [-0.25, -0.2) is 4.39 Å². The first-order valence-electron chi connectivity index (χ1n) is 7.28. The van der Waals surface area contributed by atoms with Gasteiger partial charge in [-0.05, 0) is 30.9 Å². The van der Waals surface area contributed by atoms with Gasteiger partial charge in [0.25, 0.3) is 5.69 Å². The summed E-state index contributed by atoms with van der Waals surface area (Å²) in [6.07, 6.45) is 5.88. The zero-order valence-electron chi connectivity index (χ0n) is 11.8. The van der Waals surface area contributed by atoms with E-state index < -0.39 is 10.7 Å². The Balaban J connectivity index is 2.06. The molecule has 1 N–H and O–H groups in total. The van der Waals surface area contributed by atoms with Crippen LogP contribution in [0.3, 0.4) is 0 Å². The Morgan fingerprint density at radius 1 is 1.40 bits per heavy atom. The molecular formula is C15H21FN2O2. The summed E-state index contributed by atoms with van der Waals surface area (Å²) in [4.78, 5) is 10.5. The van der Waals surface area contributed by atoms with Gasteiger partial charge in [0.2, 0.25) is 0 Å². The van der Waals surface area contributed by atoms with Crippen LogP contribution in [0.15, 0.2) is 18.2 Å². The Morgan fingerprint density at radius 3 is 2.85 bits per heavy atom. The van der Waals surface area contributed by atoms with E-state index in [0.717, 1.165) is 18.9 Å². The molecular weight excluding hydrogens is 259 g/mol. The smallest absolute Gasteiger partial charge is 0.274 e. The molecule has 1 aliphatic rings. The second-order valence-electron chi connectivity index (χ2n) is 5.47. The highest BCUT2D eigenvalue weighted by molar-refractivity contribution is 5.40. The molecule has 1 fully saturated rings. The van der Waals surface area contributed by atoms with E-state index in [-0.39, 0.29) is 5.69 Å². The predicted octanol–water partition coefficient (Wildman–Crippen LogP) is 3.79. The normalized spacial score (nSPS) is 22.7. The summed E-state index contributed by atoms with van der Waals surface area (Å²) in [5, 5.41) is 14.4. The highest BCUT2D eigenvalue weighted by Crippen LogP contribution is 2.27. The molecule has 0 heterocycles. The van der Waals surface area contributed by atoms with Crippen molar-refractivity contribution in [3.63, 3.8) is 0 Å². The number of hydrogen-bond acceptors (Lipinski definition) is 3. The molecule has 0 aliphatic heterocycles.